The van der Waals surface area contributed by atoms with Gasteiger partial charge in [0.1, 0.15) is 5.69 Å². The standard InChI is InChI=1S/C13H17N5O3/c1-17-8-14-6-10(17)12-11(13(19)20)15-16-18(12)7-9-2-4-21-5-3-9/h6,8-9H,2-5,7H2,1H3,(H,19,20). The first-order valence-electron chi connectivity index (χ1n) is 6.88. The van der Waals surface area contributed by atoms with Crippen molar-refractivity contribution in [2.75, 3.05) is 13.2 Å². The van der Waals surface area contributed by atoms with Crippen LogP contribution in [0.3, 0.4) is 0 Å². The van der Waals surface area contributed by atoms with Gasteiger partial charge in [-0.25, -0.2) is 14.5 Å². The van der Waals surface area contributed by atoms with Crippen molar-refractivity contribution in [1.29, 1.82) is 0 Å². The quantitative estimate of drug-likeness (QED) is 0.895. The number of nitrogens with zero attached hydrogens (tertiary/aromatic N) is 5. The molecule has 0 unspecified atom stereocenters. The third-order valence-corrected chi connectivity index (χ3v) is 3.77. The van der Waals surface area contributed by atoms with E-state index in [1.54, 1.807) is 21.8 Å². The Labute approximate surface area is 121 Å². The molecule has 1 saturated heterocycles. The number of ether oxygens (including phenoxy) is 1. The monoisotopic (exact) mass is 291 g/mol. The van der Waals surface area contributed by atoms with Crippen molar-refractivity contribution in [2.24, 2.45) is 13.0 Å². The number of aryl methyl sites for hydroxylation is 1. The van der Waals surface area contributed by atoms with Crippen LogP contribution in [0.25, 0.3) is 11.4 Å². The third-order valence-electron chi connectivity index (χ3n) is 3.77. The summed E-state index contributed by atoms with van der Waals surface area (Å²) >= 11 is 0. The lowest BCUT2D eigenvalue weighted by Crippen LogP contribution is -2.21. The van der Waals surface area contributed by atoms with Crippen LogP contribution in [0, 0.1) is 5.92 Å². The van der Waals surface area contributed by atoms with Crippen LogP contribution in [0.4, 0.5) is 0 Å². The molecule has 21 heavy (non-hydrogen) atoms. The molecule has 2 aromatic heterocycles. The van der Waals surface area contributed by atoms with Crippen molar-refractivity contribution in [2.45, 2.75) is 19.4 Å². The number of carbonyl (C=O) groups is 1. The number of hydrogen-bond donors (Lipinski definition) is 1. The Bertz CT molecular complexity index is 642. The van der Waals surface area contributed by atoms with E-state index in [0.717, 1.165) is 26.1 Å². The lowest BCUT2D eigenvalue weighted by atomic mass is 10.0. The average molecular weight is 291 g/mol. The lowest BCUT2D eigenvalue weighted by molar-refractivity contribution is 0.0600. The Kier molecular flexibility index (Phi) is 3.70. The maximum Gasteiger partial charge on any atom is 0.358 e. The highest BCUT2D eigenvalue weighted by atomic mass is 16.5. The highest BCUT2D eigenvalue weighted by molar-refractivity contribution is 5.92. The van der Waals surface area contributed by atoms with Crippen LogP contribution in [0.2, 0.25) is 0 Å². The van der Waals surface area contributed by atoms with Crippen LogP contribution >= 0.6 is 0 Å². The Balaban J connectivity index is 1.97. The number of aromatic carboxylic acids is 1. The smallest absolute Gasteiger partial charge is 0.358 e. The molecule has 0 bridgehead atoms. The van der Waals surface area contributed by atoms with Crippen molar-refractivity contribution >= 4 is 5.97 Å². The molecule has 0 aromatic carbocycles. The first kappa shape index (κ1) is 13.7. The minimum absolute atomic E-state index is 0.0364. The average Bonchev–Trinajstić information content (AvgIpc) is 3.06. The minimum atomic E-state index is -1.08. The van der Waals surface area contributed by atoms with Gasteiger partial charge < -0.3 is 14.4 Å². The van der Waals surface area contributed by atoms with Crippen LogP contribution < -0.4 is 0 Å². The van der Waals surface area contributed by atoms with E-state index >= 15 is 0 Å². The molecule has 1 aliphatic heterocycles. The Hall–Kier alpha value is -2.22. The van der Waals surface area contributed by atoms with Crippen molar-refractivity contribution in [3.05, 3.63) is 18.2 Å². The highest BCUT2D eigenvalue weighted by Crippen LogP contribution is 2.24. The zero-order valence-corrected chi connectivity index (χ0v) is 11.8. The fraction of sp³-hybridized carbons (Fsp3) is 0.538. The van der Waals surface area contributed by atoms with Crippen molar-refractivity contribution in [3.63, 3.8) is 0 Å². The summed E-state index contributed by atoms with van der Waals surface area (Å²) in [5.74, 6) is -0.654. The maximum absolute atomic E-state index is 11.4. The summed E-state index contributed by atoms with van der Waals surface area (Å²) in [6.45, 7) is 2.13. The van der Waals surface area contributed by atoms with E-state index < -0.39 is 5.97 Å². The van der Waals surface area contributed by atoms with E-state index in [4.69, 9.17) is 4.74 Å². The molecule has 0 saturated carbocycles. The van der Waals surface area contributed by atoms with E-state index in [9.17, 15) is 9.90 Å². The van der Waals surface area contributed by atoms with Crippen LogP contribution in [0.1, 0.15) is 23.3 Å². The molecule has 0 atom stereocenters. The van der Waals surface area contributed by atoms with Crippen molar-refractivity contribution in [3.8, 4) is 11.4 Å². The van der Waals surface area contributed by atoms with Gasteiger partial charge in [0.25, 0.3) is 0 Å². The molecule has 2 aromatic rings. The Morgan fingerprint density at radius 3 is 2.86 bits per heavy atom. The molecule has 8 nitrogen and oxygen atoms in total. The summed E-state index contributed by atoms with van der Waals surface area (Å²) in [5, 5.41) is 17.2. The zero-order chi connectivity index (χ0) is 14.8. The third kappa shape index (κ3) is 2.66. The molecule has 0 amide bonds. The van der Waals surface area contributed by atoms with Gasteiger partial charge in [0.05, 0.1) is 18.2 Å². The topological polar surface area (TPSA) is 95.1 Å². The van der Waals surface area contributed by atoms with Gasteiger partial charge in [-0.2, -0.15) is 0 Å². The molecule has 1 N–H and O–H groups in total. The molecular weight excluding hydrogens is 274 g/mol. The van der Waals surface area contributed by atoms with Crippen molar-refractivity contribution in [1.82, 2.24) is 24.5 Å². The van der Waals surface area contributed by atoms with Crippen molar-refractivity contribution < 1.29 is 14.6 Å². The van der Waals surface area contributed by atoms with Crippen LogP contribution in [0.5, 0.6) is 0 Å². The first-order valence-corrected chi connectivity index (χ1v) is 6.88. The Morgan fingerprint density at radius 2 is 2.24 bits per heavy atom. The summed E-state index contributed by atoms with van der Waals surface area (Å²) < 4.78 is 8.80. The second kappa shape index (κ2) is 5.65. The fourth-order valence-electron chi connectivity index (χ4n) is 2.60. The molecule has 3 heterocycles. The normalized spacial score (nSPS) is 16.2. The molecule has 8 heteroatoms. The number of carboxylic acid groups (broad SMARTS) is 1. The predicted octanol–water partition coefficient (Wildman–Crippen LogP) is 0.803. The molecule has 112 valence electrons. The summed E-state index contributed by atoms with van der Waals surface area (Å²) in [4.78, 5) is 15.4. The number of aromatic nitrogens is 5. The van der Waals surface area contributed by atoms with E-state index in [-0.39, 0.29) is 5.69 Å². The van der Waals surface area contributed by atoms with Gasteiger partial charge >= 0.3 is 5.97 Å². The van der Waals surface area contributed by atoms with Gasteiger partial charge in [-0.15, -0.1) is 5.10 Å². The second-order valence-electron chi connectivity index (χ2n) is 5.22. The van der Waals surface area contributed by atoms with Gasteiger partial charge in [0.15, 0.2) is 5.69 Å². The van der Waals surface area contributed by atoms with Gasteiger partial charge in [0.2, 0.25) is 0 Å². The lowest BCUT2D eigenvalue weighted by Gasteiger charge is -2.22. The molecule has 0 radical (unpaired) electrons. The van der Waals surface area contributed by atoms with E-state index in [1.807, 2.05) is 7.05 Å². The molecule has 0 spiro atoms. The van der Waals surface area contributed by atoms with Gasteiger partial charge in [-0.3, -0.25) is 0 Å². The number of carboxylic acids is 1. The summed E-state index contributed by atoms with van der Waals surface area (Å²) in [7, 11) is 1.82. The number of hydrogen-bond acceptors (Lipinski definition) is 5. The molecule has 3 rings (SSSR count). The van der Waals surface area contributed by atoms with Gasteiger partial charge in [-0.1, -0.05) is 5.21 Å². The number of imidazole rings is 1. The molecule has 0 aliphatic carbocycles. The molecule has 1 aliphatic rings. The van der Waals surface area contributed by atoms with Gasteiger partial charge in [-0.05, 0) is 18.8 Å². The van der Waals surface area contributed by atoms with Gasteiger partial charge in [0, 0.05) is 26.8 Å². The van der Waals surface area contributed by atoms with Crippen LogP contribution in [-0.2, 0) is 18.3 Å². The number of rotatable bonds is 4. The second-order valence-corrected chi connectivity index (χ2v) is 5.22. The summed E-state index contributed by atoms with van der Waals surface area (Å²) in [6.07, 6.45) is 5.17. The predicted molar refractivity (Wildman–Crippen MR) is 72.7 cm³/mol. The Morgan fingerprint density at radius 1 is 1.48 bits per heavy atom. The van der Waals surface area contributed by atoms with E-state index in [1.165, 1.54) is 0 Å². The summed E-state index contributed by atoms with van der Waals surface area (Å²) in [6, 6.07) is 0. The van der Waals surface area contributed by atoms with E-state index in [0.29, 0.717) is 23.9 Å². The minimum Gasteiger partial charge on any atom is -0.476 e. The zero-order valence-electron chi connectivity index (χ0n) is 11.8. The molecule has 1 fully saturated rings. The first-order chi connectivity index (χ1) is 10.2. The molecular formula is C13H17N5O3. The maximum atomic E-state index is 11.4. The SMILES string of the molecule is Cn1cncc1-c1c(C(=O)O)nnn1CC1CCOCC1. The largest absolute Gasteiger partial charge is 0.476 e. The van der Waals surface area contributed by atoms with Crippen LogP contribution in [0.15, 0.2) is 12.5 Å². The van der Waals surface area contributed by atoms with Crippen LogP contribution in [-0.4, -0.2) is 48.8 Å². The summed E-state index contributed by atoms with van der Waals surface area (Å²) in [5.41, 5.74) is 1.17. The highest BCUT2D eigenvalue weighted by Gasteiger charge is 2.25. The van der Waals surface area contributed by atoms with E-state index in [2.05, 4.69) is 15.3 Å². The fourth-order valence-corrected chi connectivity index (χ4v) is 2.60.